The van der Waals surface area contributed by atoms with Crippen LogP contribution in [0.4, 0.5) is 0 Å². The van der Waals surface area contributed by atoms with E-state index in [1.165, 1.54) is 56.6 Å². The van der Waals surface area contributed by atoms with Gasteiger partial charge in [-0.25, -0.2) is 0 Å². The van der Waals surface area contributed by atoms with Crippen LogP contribution in [0.1, 0.15) is 59.3 Å². The Bertz CT molecular complexity index is 317. The zero-order chi connectivity index (χ0) is 14.2. The molecule has 20 heavy (non-hydrogen) atoms. The van der Waals surface area contributed by atoms with Crippen molar-refractivity contribution < 1.29 is 0 Å². The molecule has 0 aromatic heterocycles. The molecule has 0 aromatic carbocycles. The second-order valence-corrected chi connectivity index (χ2v) is 9.07. The van der Waals surface area contributed by atoms with Gasteiger partial charge in [0.15, 0.2) is 0 Å². The molecule has 3 saturated heterocycles. The Labute approximate surface area is 129 Å². The number of hydrogen-bond acceptors (Lipinski definition) is 3. The molecule has 3 atom stereocenters. The molecule has 3 heteroatoms. The number of nitrogens with one attached hydrogen (secondary N) is 1. The van der Waals surface area contributed by atoms with Gasteiger partial charge >= 0.3 is 0 Å². The highest BCUT2D eigenvalue weighted by Gasteiger charge is 2.40. The average molecular weight is 297 g/mol. The third kappa shape index (κ3) is 3.36. The van der Waals surface area contributed by atoms with Crippen molar-refractivity contribution in [2.75, 3.05) is 18.1 Å². The van der Waals surface area contributed by atoms with E-state index < -0.39 is 0 Å². The maximum absolute atomic E-state index is 3.80. The summed E-state index contributed by atoms with van der Waals surface area (Å²) in [6, 6.07) is 3.32. The van der Waals surface area contributed by atoms with Gasteiger partial charge < -0.3 is 5.32 Å². The third-order valence-corrected chi connectivity index (χ3v) is 7.07. The monoisotopic (exact) mass is 296 g/mol. The average Bonchev–Trinajstić information content (AvgIpc) is 2.73. The van der Waals surface area contributed by atoms with Crippen LogP contribution >= 0.6 is 11.8 Å². The Balaban J connectivity index is 1.68. The fourth-order valence-electron chi connectivity index (χ4n) is 4.66. The summed E-state index contributed by atoms with van der Waals surface area (Å²) in [6.45, 7) is 8.58. The number of hydrogen-bond donors (Lipinski definition) is 1. The van der Waals surface area contributed by atoms with Crippen LogP contribution in [-0.2, 0) is 0 Å². The van der Waals surface area contributed by atoms with E-state index in [2.05, 4.69) is 42.7 Å². The molecule has 3 rings (SSSR count). The van der Waals surface area contributed by atoms with Crippen LogP contribution in [-0.4, -0.2) is 47.1 Å². The largest absolute Gasteiger partial charge is 0.311 e. The summed E-state index contributed by atoms with van der Waals surface area (Å²) < 4.78 is 0. The lowest BCUT2D eigenvalue weighted by Crippen LogP contribution is -2.54. The van der Waals surface area contributed by atoms with Crippen molar-refractivity contribution in [3.05, 3.63) is 0 Å². The Kier molecular flexibility index (Phi) is 4.69. The molecular formula is C17H32N2S. The molecule has 0 radical (unpaired) electrons. The predicted molar refractivity (Wildman–Crippen MR) is 89.5 cm³/mol. The molecule has 0 aliphatic carbocycles. The second-order valence-electron chi connectivity index (χ2n) is 8.04. The molecule has 0 spiro atoms. The zero-order valence-electron chi connectivity index (χ0n) is 13.5. The van der Waals surface area contributed by atoms with Crippen LogP contribution in [0.5, 0.6) is 0 Å². The first-order valence-corrected chi connectivity index (χ1v) is 9.82. The molecule has 116 valence electrons. The number of thioether (sulfide) groups is 1. The van der Waals surface area contributed by atoms with Gasteiger partial charge in [-0.15, -0.1) is 0 Å². The van der Waals surface area contributed by atoms with E-state index in [-0.39, 0.29) is 0 Å². The van der Waals surface area contributed by atoms with Crippen molar-refractivity contribution in [3.8, 4) is 0 Å². The van der Waals surface area contributed by atoms with Gasteiger partial charge in [0.2, 0.25) is 0 Å². The molecule has 3 aliphatic rings. The normalized spacial score (nSPS) is 40.2. The highest BCUT2D eigenvalue weighted by atomic mass is 32.2. The van der Waals surface area contributed by atoms with E-state index in [0.29, 0.717) is 5.41 Å². The smallest absolute Gasteiger partial charge is 0.0194 e. The number of piperidine rings is 1. The maximum Gasteiger partial charge on any atom is 0.0194 e. The second kappa shape index (κ2) is 6.18. The van der Waals surface area contributed by atoms with Crippen LogP contribution in [0.3, 0.4) is 0 Å². The Morgan fingerprint density at radius 2 is 1.85 bits per heavy atom. The molecule has 2 bridgehead atoms. The lowest BCUT2D eigenvalue weighted by atomic mass is 9.85. The molecular weight excluding hydrogens is 264 g/mol. The lowest BCUT2D eigenvalue weighted by molar-refractivity contribution is 0.0791. The molecule has 3 unspecified atom stereocenters. The van der Waals surface area contributed by atoms with Crippen molar-refractivity contribution in [1.29, 1.82) is 0 Å². The molecule has 0 amide bonds. The molecule has 1 N–H and O–H groups in total. The van der Waals surface area contributed by atoms with Gasteiger partial charge in [-0.2, -0.15) is 11.8 Å². The Morgan fingerprint density at radius 3 is 2.45 bits per heavy atom. The van der Waals surface area contributed by atoms with Gasteiger partial charge in [0.05, 0.1) is 0 Å². The molecule has 3 fully saturated rings. The van der Waals surface area contributed by atoms with Crippen LogP contribution in [0, 0.1) is 5.41 Å². The highest BCUT2D eigenvalue weighted by molar-refractivity contribution is 7.99. The number of fused-ring (bicyclic) bond motifs is 2. The van der Waals surface area contributed by atoms with Crippen molar-refractivity contribution in [1.82, 2.24) is 10.2 Å². The van der Waals surface area contributed by atoms with Gasteiger partial charge in [-0.05, 0) is 56.2 Å². The summed E-state index contributed by atoms with van der Waals surface area (Å²) in [6.07, 6.45) is 8.36. The maximum atomic E-state index is 3.80. The van der Waals surface area contributed by atoms with Crippen molar-refractivity contribution in [3.63, 3.8) is 0 Å². The first-order valence-electron chi connectivity index (χ1n) is 8.67. The minimum atomic E-state index is 0.533. The fraction of sp³-hybridized carbons (Fsp3) is 1.00. The zero-order valence-corrected chi connectivity index (χ0v) is 14.3. The predicted octanol–water partition coefficient (Wildman–Crippen LogP) is 3.51. The van der Waals surface area contributed by atoms with Crippen LogP contribution in [0.2, 0.25) is 0 Å². The minimum Gasteiger partial charge on any atom is -0.311 e. The first-order chi connectivity index (χ1) is 9.57. The molecule has 0 aromatic rings. The number of rotatable bonds is 4. The SMILES string of the molecule is CCCN(C1CC2CCC(C1)N2)C1CSCC(C)(C)C1. The van der Waals surface area contributed by atoms with E-state index in [1.807, 2.05) is 0 Å². The summed E-state index contributed by atoms with van der Waals surface area (Å²) in [7, 11) is 0. The molecule has 3 heterocycles. The van der Waals surface area contributed by atoms with Gasteiger partial charge in [0.25, 0.3) is 0 Å². The number of nitrogens with zero attached hydrogens (tertiary/aromatic N) is 1. The highest BCUT2D eigenvalue weighted by Crippen LogP contribution is 2.38. The van der Waals surface area contributed by atoms with E-state index in [1.54, 1.807) is 0 Å². The Hall–Kier alpha value is 0.270. The third-order valence-electron chi connectivity index (χ3n) is 5.46. The van der Waals surface area contributed by atoms with Crippen LogP contribution in [0.25, 0.3) is 0 Å². The first kappa shape index (κ1) is 15.2. The topological polar surface area (TPSA) is 15.3 Å². The van der Waals surface area contributed by atoms with Crippen LogP contribution < -0.4 is 5.32 Å². The van der Waals surface area contributed by atoms with E-state index >= 15 is 0 Å². The van der Waals surface area contributed by atoms with Gasteiger partial charge in [0.1, 0.15) is 0 Å². The summed E-state index contributed by atoms with van der Waals surface area (Å²) in [5.41, 5.74) is 0.533. The van der Waals surface area contributed by atoms with Crippen molar-refractivity contribution >= 4 is 11.8 Å². The van der Waals surface area contributed by atoms with Crippen molar-refractivity contribution in [2.24, 2.45) is 5.41 Å². The fourth-order valence-corrected chi connectivity index (χ4v) is 6.03. The van der Waals surface area contributed by atoms with Gasteiger partial charge in [-0.1, -0.05) is 20.8 Å². The van der Waals surface area contributed by atoms with E-state index in [4.69, 9.17) is 0 Å². The molecule has 3 aliphatic heterocycles. The minimum absolute atomic E-state index is 0.533. The quantitative estimate of drug-likeness (QED) is 0.854. The molecule has 2 nitrogen and oxygen atoms in total. The lowest BCUT2D eigenvalue weighted by Gasteiger charge is -2.46. The summed E-state index contributed by atoms with van der Waals surface area (Å²) in [4.78, 5) is 2.92. The van der Waals surface area contributed by atoms with E-state index in [9.17, 15) is 0 Å². The standard InChI is InChI=1S/C17H32N2S/c1-4-7-19(16-10-17(2,3)12-20-11-16)15-8-13-5-6-14(9-15)18-13/h13-16,18H,4-12H2,1-3H3. The van der Waals surface area contributed by atoms with Crippen LogP contribution in [0.15, 0.2) is 0 Å². The van der Waals surface area contributed by atoms with Crippen molar-refractivity contribution in [2.45, 2.75) is 83.5 Å². The Morgan fingerprint density at radius 1 is 1.15 bits per heavy atom. The van der Waals surface area contributed by atoms with E-state index in [0.717, 1.165) is 24.2 Å². The molecule has 0 saturated carbocycles. The summed E-state index contributed by atoms with van der Waals surface area (Å²) in [5, 5.41) is 3.80. The summed E-state index contributed by atoms with van der Waals surface area (Å²) >= 11 is 2.19. The van der Waals surface area contributed by atoms with Gasteiger partial charge in [-0.3, -0.25) is 4.90 Å². The van der Waals surface area contributed by atoms with Gasteiger partial charge in [0, 0.05) is 29.9 Å². The summed E-state index contributed by atoms with van der Waals surface area (Å²) in [5.74, 6) is 2.71.